The fourth-order valence-electron chi connectivity index (χ4n) is 5.11. The Morgan fingerprint density at radius 3 is 2.50 bits per heavy atom. The molecule has 1 saturated carbocycles. The van der Waals surface area contributed by atoms with E-state index < -0.39 is 0 Å². The molecule has 1 aliphatic rings. The molecule has 5 aromatic rings. The number of rotatable bonds is 6. The van der Waals surface area contributed by atoms with Gasteiger partial charge in [0.15, 0.2) is 0 Å². The van der Waals surface area contributed by atoms with E-state index in [1.165, 1.54) is 30.6 Å². The minimum absolute atomic E-state index is 0.164. The Morgan fingerprint density at radius 1 is 0.974 bits per heavy atom. The average Bonchev–Trinajstić information content (AvgIpc) is 3.33. The monoisotopic (exact) mass is 524 g/mol. The molecule has 2 N–H and O–H groups in total. The number of benzene rings is 3. The molecule has 0 atom stereocenters. The minimum Gasteiger partial charge on any atom is -0.508 e. The Morgan fingerprint density at radius 2 is 1.74 bits per heavy atom. The Bertz CT molecular complexity index is 1670. The van der Waals surface area contributed by atoms with E-state index in [0.29, 0.717) is 22.5 Å². The first-order valence-electron chi connectivity index (χ1n) is 13.0. The summed E-state index contributed by atoms with van der Waals surface area (Å²) in [5, 5.41) is 12.5. The SMILES string of the molecule is O=C(NCc1ccc(O)cc1)c1cc(-c2ccccc2)c(=O)n2c1sc1ccc(OC3CCCCC3)cc12. The van der Waals surface area contributed by atoms with E-state index in [4.69, 9.17) is 4.74 Å². The number of pyridine rings is 1. The van der Waals surface area contributed by atoms with Gasteiger partial charge >= 0.3 is 0 Å². The lowest BCUT2D eigenvalue weighted by atomic mass is 9.98. The van der Waals surface area contributed by atoms with Crippen molar-refractivity contribution in [2.24, 2.45) is 0 Å². The first-order valence-corrected chi connectivity index (χ1v) is 13.8. The number of nitrogens with zero attached hydrogens (tertiary/aromatic N) is 1. The van der Waals surface area contributed by atoms with Crippen molar-refractivity contribution in [2.45, 2.75) is 44.8 Å². The summed E-state index contributed by atoms with van der Waals surface area (Å²) in [7, 11) is 0. The van der Waals surface area contributed by atoms with Crippen molar-refractivity contribution in [3.63, 3.8) is 0 Å². The van der Waals surface area contributed by atoms with E-state index in [2.05, 4.69) is 5.32 Å². The molecule has 2 heterocycles. The normalized spacial score (nSPS) is 14.1. The fourth-order valence-corrected chi connectivity index (χ4v) is 6.24. The van der Waals surface area contributed by atoms with Crippen LogP contribution >= 0.6 is 11.3 Å². The van der Waals surface area contributed by atoms with E-state index in [1.807, 2.05) is 48.5 Å². The highest BCUT2D eigenvalue weighted by Crippen LogP contribution is 2.33. The molecule has 0 radical (unpaired) electrons. The largest absolute Gasteiger partial charge is 0.508 e. The van der Waals surface area contributed by atoms with E-state index in [0.717, 1.165) is 39.9 Å². The molecule has 1 amide bonds. The number of carbonyl (C=O) groups excluding carboxylic acids is 1. The molecule has 192 valence electrons. The highest BCUT2D eigenvalue weighted by Gasteiger charge is 2.21. The molecule has 0 bridgehead atoms. The van der Waals surface area contributed by atoms with Gasteiger partial charge in [-0.05, 0) is 67.1 Å². The van der Waals surface area contributed by atoms with Gasteiger partial charge < -0.3 is 15.2 Å². The quantitative estimate of drug-likeness (QED) is 0.265. The second-order valence-electron chi connectivity index (χ2n) is 9.74. The van der Waals surface area contributed by atoms with Crippen molar-refractivity contribution in [3.05, 3.63) is 100 Å². The van der Waals surface area contributed by atoms with Gasteiger partial charge in [0.1, 0.15) is 16.3 Å². The van der Waals surface area contributed by atoms with Crippen molar-refractivity contribution < 1.29 is 14.6 Å². The number of hydrogen-bond acceptors (Lipinski definition) is 5. The first kappa shape index (κ1) is 24.2. The van der Waals surface area contributed by atoms with Gasteiger partial charge in [-0.15, -0.1) is 11.3 Å². The van der Waals surface area contributed by atoms with Crippen LogP contribution in [-0.4, -0.2) is 21.5 Å². The van der Waals surface area contributed by atoms with Crippen LogP contribution in [0.15, 0.2) is 83.7 Å². The van der Waals surface area contributed by atoms with Crippen LogP contribution in [0, 0.1) is 0 Å². The second kappa shape index (κ2) is 10.3. The molecule has 3 aromatic carbocycles. The third-order valence-corrected chi connectivity index (χ3v) is 8.27. The summed E-state index contributed by atoms with van der Waals surface area (Å²) in [6.07, 6.45) is 5.90. The van der Waals surface area contributed by atoms with Crippen LogP contribution < -0.4 is 15.6 Å². The van der Waals surface area contributed by atoms with Gasteiger partial charge in [0, 0.05) is 18.2 Å². The van der Waals surface area contributed by atoms with Gasteiger partial charge in [-0.2, -0.15) is 0 Å². The zero-order chi connectivity index (χ0) is 26.1. The molecule has 0 saturated heterocycles. The van der Waals surface area contributed by atoms with Crippen LogP contribution in [-0.2, 0) is 6.54 Å². The fraction of sp³-hybridized carbons (Fsp3) is 0.226. The molecule has 0 spiro atoms. The molecule has 1 aliphatic carbocycles. The Hall–Kier alpha value is -4.10. The average molecular weight is 525 g/mol. The number of carbonyl (C=O) groups is 1. The summed E-state index contributed by atoms with van der Waals surface area (Å²) in [6, 6.07) is 23.7. The van der Waals surface area contributed by atoms with Crippen LogP contribution in [0.2, 0.25) is 0 Å². The minimum atomic E-state index is -0.266. The Labute approximate surface area is 224 Å². The Balaban J connectivity index is 1.45. The molecule has 0 unspecified atom stereocenters. The van der Waals surface area contributed by atoms with Crippen molar-refractivity contribution in [1.29, 1.82) is 0 Å². The molecule has 6 rings (SSSR count). The molecule has 1 fully saturated rings. The molecular weight excluding hydrogens is 496 g/mol. The number of phenolic OH excluding ortho intramolecular Hbond substituents is 1. The van der Waals surface area contributed by atoms with Crippen LogP contribution in [0.25, 0.3) is 26.2 Å². The maximum Gasteiger partial charge on any atom is 0.264 e. The van der Waals surface area contributed by atoms with Gasteiger partial charge in [-0.3, -0.25) is 14.0 Å². The van der Waals surface area contributed by atoms with E-state index in [-0.39, 0.29) is 23.3 Å². The number of phenols is 1. The van der Waals surface area contributed by atoms with E-state index in [1.54, 1.807) is 34.7 Å². The molecular formula is C31H28N2O4S. The highest BCUT2D eigenvalue weighted by molar-refractivity contribution is 7.24. The van der Waals surface area contributed by atoms with Crippen molar-refractivity contribution in [2.75, 3.05) is 0 Å². The molecule has 38 heavy (non-hydrogen) atoms. The van der Waals surface area contributed by atoms with Crippen molar-refractivity contribution in [1.82, 2.24) is 9.72 Å². The van der Waals surface area contributed by atoms with E-state index >= 15 is 0 Å². The summed E-state index contributed by atoms with van der Waals surface area (Å²) in [5.74, 6) is 0.659. The first-order chi connectivity index (χ1) is 18.6. The predicted octanol–water partition coefficient (Wildman–Crippen LogP) is 6.53. The molecule has 6 nitrogen and oxygen atoms in total. The topological polar surface area (TPSA) is 80.0 Å². The number of amides is 1. The second-order valence-corrected chi connectivity index (χ2v) is 10.8. The van der Waals surface area contributed by atoms with Crippen LogP contribution in [0.3, 0.4) is 0 Å². The third kappa shape index (κ3) is 4.77. The summed E-state index contributed by atoms with van der Waals surface area (Å²) in [6.45, 7) is 0.301. The number of hydrogen-bond donors (Lipinski definition) is 2. The zero-order valence-electron chi connectivity index (χ0n) is 20.9. The number of aromatic nitrogens is 1. The maximum absolute atomic E-state index is 13.9. The number of fused-ring (bicyclic) bond motifs is 3. The van der Waals surface area contributed by atoms with Crippen molar-refractivity contribution in [3.8, 4) is 22.6 Å². The smallest absolute Gasteiger partial charge is 0.264 e. The Kier molecular flexibility index (Phi) is 6.60. The van der Waals surface area contributed by atoms with Gasteiger partial charge in [-0.25, -0.2) is 0 Å². The lowest BCUT2D eigenvalue weighted by Crippen LogP contribution is -2.25. The van der Waals surface area contributed by atoms with Gasteiger partial charge in [-0.1, -0.05) is 48.9 Å². The number of thiazole rings is 1. The van der Waals surface area contributed by atoms with Crippen LogP contribution in [0.5, 0.6) is 11.5 Å². The van der Waals surface area contributed by atoms with Gasteiger partial charge in [0.05, 0.1) is 21.9 Å². The molecule has 0 aliphatic heterocycles. The lowest BCUT2D eigenvalue weighted by molar-refractivity contribution is 0.0952. The third-order valence-electron chi connectivity index (χ3n) is 7.11. The summed E-state index contributed by atoms with van der Waals surface area (Å²) >= 11 is 1.43. The lowest BCUT2D eigenvalue weighted by Gasteiger charge is -2.22. The van der Waals surface area contributed by atoms with E-state index in [9.17, 15) is 14.7 Å². The predicted molar refractivity (Wildman–Crippen MR) is 151 cm³/mol. The maximum atomic E-state index is 13.9. The van der Waals surface area contributed by atoms with Crippen LogP contribution in [0.4, 0.5) is 0 Å². The number of aromatic hydroxyl groups is 1. The zero-order valence-corrected chi connectivity index (χ0v) is 21.7. The molecule has 2 aromatic heterocycles. The number of ether oxygens (including phenoxy) is 1. The summed E-state index contributed by atoms with van der Waals surface area (Å²) in [4.78, 5) is 28.0. The summed E-state index contributed by atoms with van der Waals surface area (Å²) < 4.78 is 8.87. The highest BCUT2D eigenvalue weighted by atomic mass is 32.1. The number of nitrogens with one attached hydrogen (secondary N) is 1. The van der Waals surface area contributed by atoms with Gasteiger partial charge in [0.25, 0.3) is 11.5 Å². The van der Waals surface area contributed by atoms with Crippen LogP contribution in [0.1, 0.15) is 48.0 Å². The molecule has 7 heteroatoms. The summed E-state index contributed by atoms with van der Waals surface area (Å²) in [5.41, 5.74) is 3.11. The van der Waals surface area contributed by atoms with Crippen molar-refractivity contribution >= 4 is 32.3 Å². The van der Waals surface area contributed by atoms with Gasteiger partial charge in [0.2, 0.25) is 0 Å². The standard InChI is InChI=1S/C31H28N2O4S/c34-22-13-11-20(12-14-22)19-32-29(35)26-18-25(21-7-3-1-4-8-21)30(36)33-27-17-24(15-16-28(27)38-31(26)33)37-23-9-5-2-6-10-23/h1,3-4,7-8,11-18,23,34H,2,5-6,9-10,19H2,(H,32,35).